The van der Waals surface area contributed by atoms with Crippen molar-refractivity contribution < 1.29 is 4.52 Å². The van der Waals surface area contributed by atoms with Crippen molar-refractivity contribution in [3.05, 3.63) is 40.6 Å². The second-order valence-electron chi connectivity index (χ2n) is 10.2. The highest BCUT2D eigenvalue weighted by atomic mass is 16.5. The summed E-state index contributed by atoms with van der Waals surface area (Å²) in [5.74, 6) is 2.44. The molecule has 3 N–H and O–H groups in total. The standard InChI is InChI=1S/C27H37N9O2/c1-6-14-35-23-18(25(37)36(35)17(3)4)8-9-21(32-23)31-22-15-20(28-5)19(16-30-22)24-33-26(34-38-24)27(7-2)10-12-29-13-11-27/h8-9,15-17,29H,6-7,10-14H2,1-5H3,(H2,28,30,31,32). The summed E-state index contributed by atoms with van der Waals surface area (Å²) in [7, 11) is 1.85. The van der Waals surface area contributed by atoms with Gasteiger partial charge in [0.1, 0.15) is 11.6 Å². The number of aryl methyl sites for hydroxylation is 1. The van der Waals surface area contributed by atoms with Crippen LogP contribution >= 0.6 is 0 Å². The molecule has 1 aliphatic heterocycles. The predicted octanol–water partition coefficient (Wildman–Crippen LogP) is 4.45. The number of pyridine rings is 2. The first kappa shape index (κ1) is 25.9. The number of aromatic nitrogens is 6. The third-order valence-electron chi connectivity index (χ3n) is 7.54. The van der Waals surface area contributed by atoms with Crippen molar-refractivity contribution in [3.8, 4) is 11.5 Å². The molecule has 11 nitrogen and oxygen atoms in total. The molecule has 0 bridgehead atoms. The van der Waals surface area contributed by atoms with Gasteiger partial charge in [0.05, 0.1) is 16.6 Å². The van der Waals surface area contributed by atoms with Gasteiger partial charge in [0.2, 0.25) is 0 Å². The lowest BCUT2D eigenvalue weighted by Crippen LogP contribution is -2.40. The number of nitrogens with zero attached hydrogens (tertiary/aromatic N) is 6. The number of nitrogens with one attached hydrogen (secondary N) is 3. The van der Waals surface area contributed by atoms with Crippen LogP contribution in [0, 0.1) is 0 Å². The summed E-state index contributed by atoms with van der Waals surface area (Å²) in [5.41, 5.74) is 2.15. The molecule has 1 aliphatic rings. The Kier molecular flexibility index (Phi) is 7.20. The number of hydrogen-bond donors (Lipinski definition) is 3. The molecule has 202 valence electrons. The van der Waals surface area contributed by atoms with E-state index in [4.69, 9.17) is 14.5 Å². The van der Waals surface area contributed by atoms with Gasteiger partial charge in [-0.25, -0.2) is 14.6 Å². The van der Waals surface area contributed by atoms with Crippen molar-refractivity contribution in [2.75, 3.05) is 30.8 Å². The molecule has 0 spiro atoms. The van der Waals surface area contributed by atoms with Crippen LogP contribution in [0.15, 0.2) is 33.7 Å². The minimum atomic E-state index is -0.0564. The van der Waals surface area contributed by atoms with Gasteiger partial charge in [-0.15, -0.1) is 0 Å². The van der Waals surface area contributed by atoms with Gasteiger partial charge >= 0.3 is 0 Å². The van der Waals surface area contributed by atoms with E-state index in [1.807, 2.05) is 43.8 Å². The van der Waals surface area contributed by atoms with E-state index in [2.05, 4.69) is 39.9 Å². The second-order valence-corrected chi connectivity index (χ2v) is 10.2. The molecule has 5 rings (SSSR count). The Bertz CT molecular complexity index is 1480. The summed E-state index contributed by atoms with van der Waals surface area (Å²) in [6, 6.07) is 5.57. The zero-order valence-electron chi connectivity index (χ0n) is 22.8. The Morgan fingerprint density at radius 2 is 1.95 bits per heavy atom. The van der Waals surface area contributed by atoms with Gasteiger partial charge in [-0.1, -0.05) is 19.0 Å². The fraction of sp³-hybridized carbons (Fsp3) is 0.519. The molecule has 0 aromatic carbocycles. The summed E-state index contributed by atoms with van der Waals surface area (Å²) in [6.07, 6.45) is 5.58. The van der Waals surface area contributed by atoms with E-state index in [9.17, 15) is 4.79 Å². The van der Waals surface area contributed by atoms with Gasteiger partial charge < -0.3 is 20.5 Å². The number of fused-ring (bicyclic) bond motifs is 1. The fourth-order valence-electron chi connectivity index (χ4n) is 5.38. The van der Waals surface area contributed by atoms with Gasteiger partial charge in [0.25, 0.3) is 11.4 Å². The van der Waals surface area contributed by atoms with E-state index in [1.165, 1.54) is 0 Å². The highest BCUT2D eigenvalue weighted by molar-refractivity contribution is 5.79. The van der Waals surface area contributed by atoms with Crippen LogP contribution in [0.5, 0.6) is 0 Å². The van der Waals surface area contributed by atoms with Crippen molar-refractivity contribution in [2.24, 2.45) is 0 Å². The topological polar surface area (TPSA) is 128 Å². The molecule has 1 saturated heterocycles. The molecule has 0 saturated carbocycles. The van der Waals surface area contributed by atoms with Crippen molar-refractivity contribution in [2.45, 2.75) is 71.4 Å². The molecule has 1 fully saturated rings. The van der Waals surface area contributed by atoms with Crippen molar-refractivity contribution in [3.63, 3.8) is 0 Å². The Hall–Kier alpha value is -3.73. The zero-order chi connectivity index (χ0) is 26.9. The highest BCUT2D eigenvalue weighted by Gasteiger charge is 2.37. The van der Waals surface area contributed by atoms with Crippen LogP contribution in [0.3, 0.4) is 0 Å². The summed E-state index contributed by atoms with van der Waals surface area (Å²) >= 11 is 0. The molecule has 11 heteroatoms. The average Bonchev–Trinajstić information content (AvgIpc) is 3.53. The maximum absolute atomic E-state index is 13.0. The lowest BCUT2D eigenvalue weighted by atomic mass is 9.76. The summed E-state index contributed by atoms with van der Waals surface area (Å²) in [5, 5.41) is 14.9. The first-order chi connectivity index (χ1) is 18.4. The van der Waals surface area contributed by atoms with Crippen molar-refractivity contribution in [1.29, 1.82) is 0 Å². The molecule has 0 unspecified atom stereocenters. The maximum atomic E-state index is 13.0. The normalized spacial score (nSPS) is 15.3. The Labute approximate surface area is 222 Å². The van der Waals surface area contributed by atoms with E-state index in [-0.39, 0.29) is 17.0 Å². The molecule has 5 heterocycles. The third kappa shape index (κ3) is 4.55. The third-order valence-corrected chi connectivity index (χ3v) is 7.54. The van der Waals surface area contributed by atoms with E-state index < -0.39 is 0 Å². The van der Waals surface area contributed by atoms with Crippen LogP contribution in [0.4, 0.5) is 17.3 Å². The van der Waals surface area contributed by atoms with E-state index in [0.717, 1.165) is 55.8 Å². The van der Waals surface area contributed by atoms with Crippen molar-refractivity contribution in [1.82, 2.24) is 34.8 Å². The fourth-order valence-corrected chi connectivity index (χ4v) is 5.38. The highest BCUT2D eigenvalue weighted by Crippen LogP contribution is 2.37. The number of rotatable bonds is 9. The number of hydrogen-bond acceptors (Lipinski definition) is 9. The largest absolute Gasteiger partial charge is 0.387 e. The minimum Gasteiger partial charge on any atom is -0.387 e. The quantitative estimate of drug-likeness (QED) is 0.294. The van der Waals surface area contributed by atoms with Crippen LogP contribution in [0.1, 0.15) is 65.2 Å². The Morgan fingerprint density at radius 3 is 2.63 bits per heavy atom. The predicted molar refractivity (Wildman–Crippen MR) is 149 cm³/mol. The number of anilines is 3. The summed E-state index contributed by atoms with van der Waals surface area (Å²) in [4.78, 5) is 27.2. The van der Waals surface area contributed by atoms with Gasteiger partial charge in [-0.05, 0) is 64.8 Å². The smallest absolute Gasteiger partial charge is 0.276 e. The van der Waals surface area contributed by atoms with Gasteiger partial charge in [0.15, 0.2) is 11.5 Å². The SMILES string of the molecule is CCCn1c2nc(Nc3cc(NC)c(-c4nc(C5(CC)CCNCC5)no4)cn3)ccc2c(=O)n1C(C)C. The lowest BCUT2D eigenvalue weighted by molar-refractivity contribution is 0.271. The Balaban J connectivity index is 1.44. The molecule has 0 atom stereocenters. The lowest BCUT2D eigenvalue weighted by Gasteiger charge is -2.33. The molecule has 4 aromatic rings. The second kappa shape index (κ2) is 10.6. The first-order valence-electron chi connectivity index (χ1n) is 13.5. The minimum absolute atomic E-state index is 0.0179. The van der Waals surface area contributed by atoms with Crippen LogP contribution in [0.25, 0.3) is 22.5 Å². The molecule has 0 aliphatic carbocycles. The molecule has 0 amide bonds. The molecule has 0 radical (unpaired) electrons. The molecular formula is C27H37N9O2. The first-order valence-corrected chi connectivity index (χ1v) is 13.5. The zero-order valence-corrected chi connectivity index (χ0v) is 22.8. The van der Waals surface area contributed by atoms with E-state index >= 15 is 0 Å². The average molecular weight is 520 g/mol. The monoisotopic (exact) mass is 519 g/mol. The van der Waals surface area contributed by atoms with Crippen LogP contribution < -0.4 is 21.5 Å². The van der Waals surface area contributed by atoms with Gasteiger partial charge in [-0.2, -0.15) is 4.98 Å². The Morgan fingerprint density at radius 1 is 1.16 bits per heavy atom. The van der Waals surface area contributed by atoms with Crippen LogP contribution in [-0.2, 0) is 12.0 Å². The maximum Gasteiger partial charge on any atom is 0.276 e. The molecule has 4 aromatic heterocycles. The number of piperidine rings is 1. The summed E-state index contributed by atoms with van der Waals surface area (Å²) in [6.45, 7) is 10.9. The van der Waals surface area contributed by atoms with Gasteiger partial charge in [-0.3, -0.25) is 9.48 Å². The van der Waals surface area contributed by atoms with Crippen LogP contribution in [-0.4, -0.2) is 49.6 Å². The van der Waals surface area contributed by atoms with Gasteiger partial charge in [0, 0.05) is 37.3 Å². The van der Waals surface area contributed by atoms with Crippen LogP contribution in [0.2, 0.25) is 0 Å². The van der Waals surface area contributed by atoms with Crippen molar-refractivity contribution >= 4 is 28.4 Å². The summed E-state index contributed by atoms with van der Waals surface area (Å²) < 4.78 is 9.47. The van der Waals surface area contributed by atoms with E-state index in [0.29, 0.717) is 35.1 Å². The molecule has 38 heavy (non-hydrogen) atoms. The molecular weight excluding hydrogens is 482 g/mol. The van der Waals surface area contributed by atoms with E-state index in [1.54, 1.807) is 10.9 Å².